The van der Waals surface area contributed by atoms with Gasteiger partial charge in [-0.3, -0.25) is 9.59 Å². The zero-order valence-electron chi connectivity index (χ0n) is 40.5. The summed E-state index contributed by atoms with van der Waals surface area (Å²) in [5, 5.41) is 23.7. The fraction of sp³-hybridized carbons (Fsp3) is 0.714. The Bertz CT molecular complexity index is 1200. The molecule has 0 aliphatic carbocycles. The maximum Gasteiger partial charge on any atom is 0.306 e. The van der Waals surface area contributed by atoms with Crippen LogP contribution in [0.1, 0.15) is 233 Å². The Kier molecular flexibility index (Phi) is 46.7. The van der Waals surface area contributed by atoms with Crippen LogP contribution >= 0.6 is 0 Å². The van der Waals surface area contributed by atoms with E-state index in [9.17, 15) is 19.8 Å². The molecule has 356 valence electrons. The van der Waals surface area contributed by atoms with Crippen molar-refractivity contribution in [2.75, 3.05) is 6.61 Å². The van der Waals surface area contributed by atoms with Gasteiger partial charge in [-0.25, -0.2) is 0 Å². The number of carbonyl (C=O) groups excluding carboxylic acids is 2. The fourth-order valence-corrected chi connectivity index (χ4v) is 7.43. The first-order chi connectivity index (χ1) is 30.5. The molecule has 0 aromatic heterocycles. The molecule has 0 bridgehead atoms. The highest BCUT2D eigenvalue weighted by atomic mass is 16.5. The number of nitrogens with one attached hydrogen (secondary N) is 1. The molecule has 0 spiro atoms. The number of hydrogen-bond acceptors (Lipinski definition) is 5. The van der Waals surface area contributed by atoms with Gasteiger partial charge < -0.3 is 20.3 Å². The molecule has 0 saturated carbocycles. The first kappa shape index (κ1) is 59.0. The van der Waals surface area contributed by atoms with Crippen LogP contribution < -0.4 is 5.32 Å². The lowest BCUT2D eigenvalue weighted by Crippen LogP contribution is -2.46. The monoisotopic (exact) mass is 864 g/mol. The standard InChI is InChI=1S/C56H97NO5/c1-4-7-10-13-16-19-22-25-26-27-28-31-34-37-40-43-46-49-56(61)62-52(47-44-41-38-35-32-29-23-20-17-14-11-8-5-2)50-55(60)57-53(51-58)54(59)48-45-42-39-36-33-30-24-21-18-15-12-9-6-3/h8,11,14,16-17,19-20,23,25-26,29,32,35,38,52-54,58-59H,4-7,9-10,12-13,15,18,21-22,24,27-28,30-31,33-34,36-37,39-51H2,1-3H3,(H,57,60)/b11-8+,17-14+,19-16-,23-20-,26-25-,32-29-,38-35+. The number of esters is 1. The first-order valence-corrected chi connectivity index (χ1v) is 25.9. The van der Waals surface area contributed by atoms with E-state index in [0.717, 1.165) is 70.6 Å². The Hall–Kier alpha value is -2.96. The van der Waals surface area contributed by atoms with E-state index in [1.165, 1.54) is 116 Å². The van der Waals surface area contributed by atoms with Crippen molar-refractivity contribution >= 4 is 11.9 Å². The van der Waals surface area contributed by atoms with Gasteiger partial charge >= 0.3 is 5.97 Å². The third-order valence-corrected chi connectivity index (χ3v) is 11.3. The zero-order chi connectivity index (χ0) is 45.2. The maximum atomic E-state index is 13.2. The minimum absolute atomic E-state index is 0.0218. The second-order valence-electron chi connectivity index (χ2n) is 17.3. The second kappa shape index (κ2) is 49.1. The van der Waals surface area contributed by atoms with E-state index in [1.54, 1.807) is 0 Å². The summed E-state index contributed by atoms with van der Waals surface area (Å²) < 4.78 is 5.89. The van der Waals surface area contributed by atoms with Gasteiger partial charge in [-0.05, 0) is 70.6 Å². The van der Waals surface area contributed by atoms with E-state index in [-0.39, 0.29) is 24.9 Å². The van der Waals surface area contributed by atoms with Crippen molar-refractivity contribution in [1.29, 1.82) is 0 Å². The summed E-state index contributed by atoms with van der Waals surface area (Å²) in [6, 6.07) is -0.730. The molecular weight excluding hydrogens is 767 g/mol. The van der Waals surface area contributed by atoms with E-state index in [4.69, 9.17) is 4.74 Å². The number of unbranched alkanes of at least 4 members (excludes halogenated alkanes) is 23. The van der Waals surface area contributed by atoms with Crippen LogP contribution in [0.3, 0.4) is 0 Å². The van der Waals surface area contributed by atoms with Gasteiger partial charge in [0.2, 0.25) is 5.91 Å². The quantitative estimate of drug-likeness (QED) is 0.0245. The van der Waals surface area contributed by atoms with Gasteiger partial charge in [0.15, 0.2) is 0 Å². The zero-order valence-corrected chi connectivity index (χ0v) is 40.5. The van der Waals surface area contributed by atoms with Crippen molar-refractivity contribution in [2.24, 2.45) is 0 Å². The maximum absolute atomic E-state index is 13.2. The molecule has 3 N–H and O–H groups in total. The number of allylic oxidation sites excluding steroid dienone is 14. The van der Waals surface area contributed by atoms with Gasteiger partial charge in [-0.15, -0.1) is 0 Å². The molecule has 0 saturated heterocycles. The molecule has 0 aliphatic heterocycles. The van der Waals surface area contributed by atoms with Gasteiger partial charge in [0.25, 0.3) is 0 Å². The molecule has 0 heterocycles. The minimum Gasteiger partial charge on any atom is -0.462 e. The minimum atomic E-state index is -0.811. The van der Waals surface area contributed by atoms with E-state index >= 15 is 0 Å². The Morgan fingerprint density at radius 2 is 0.952 bits per heavy atom. The summed E-state index contributed by atoms with van der Waals surface area (Å²) in [6.07, 6.45) is 63.6. The van der Waals surface area contributed by atoms with Crippen LogP contribution in [0.5, 0.6) is 0 Å². The molecule has 6 nitrogen and oxygen atoms in total. The van der Waals surface area contributed by atoms with Crippen LogP contribution in [0.4, 0.5) is 0 Å². The Morgan fingerprint density at radius 1 is 0.500 bits per heavy atom. The lowest BCUT2D eigenvalue weighted by Gasteiger charge is -2.24. The Labute approximate surface area is 383 Å². The van der Waals surface area contributed by atoms with E-state index in [2.05, 4.69) is 62.5 Å². The van der Waals surface area contributed by atoms with Gasteiger partial charge in [-0.1, -0.05) is 234 Å². The summed E-state index contributed by atoms with van der Waals surface area (Å²) in [5.74, 6) is -0.558. The average molecular weight is 864 g/mol. The smallest absolute Gasteiger partial charge is 0.306 e. The third-order valence-electron chi connectivity index (χ3n) is 11.3. The molecule has 0 aromatic carbocycles. The molecule has 6 heteroatoms. The molecule has 3 unspecified atom stereocenters. The number of aliphatic hydroxyl groups is 2. The highest BCUT2D eigenvalue weighted by Crippen LogP contribution is 2.17. The topological polar surface area (TPSA) is 95.9 Å². The summed E-state index contributed by atoms with van der Waals surface area (Å²) in [6.45, 7) is 6.29. The number of aliphatic hydroxyl groups excluding tert-OH is 2. The highest BCUT2D eigenvalue weighted by molar-refractivity contribution is 5.77. The number of amides is 1. The number of rotatable bonds is 45. The van der Waals surface area contributed by atoms with Crippen LogP contribution in [0, 0.1) is 0 Å². The molecule has 0 rings (SSSR count). The largest absolute Gasteiger partial charge is 0.462 e. The normalized spacial score (nSPS) is 14.0. The molecule has 0 radical (unpaired) electrons. The van der Waals surface area contributed by atoms with Crippen molar-refractivity contribution in [3.8, 4) is 0 Å². The van der Waals surface area contributed by atoms with Crippen LogP contribution in [0.25, 0.3) is 0 Å². The summed E-state index contributed by atoms with van der Waals surface area (Å²) >= 11 is 0. The van der Waals surface area contributed by atoms with Crippen LogP contribution in [0.2, 0.25) is 0 Å². The molecular formula is C56H97NO5. The Morgan fingerprint density at radius 3 is 1.50 bits per heavy atom. The number of ether oxygens (including phenoxy) is 1. The first-order valence-electron chi connectivity index (χ1n) is 25.9. The van der Waals surface area contributed by atoms with E-state index in [0.29, 0.717) is 19.3 Å². The lowest BCUT2D eigenvalue weighted by molar-refractivity contribution is -0.151. The summed E-state index contributed by atoms with van der Waals surface area (Å²) in [4.78, 5) is 26.1. The second-order valence-corrected chi connectivity index (χ2v) is 17.3. The third kappa shape index (κ3) is 43.7. The summed E-state index contributed by atoms with van der Waals surface area (Å²) in [7, 11) is 0. The Balaban J connectivity index is 4.67. The van der Waals surface area contributed by atoms with Crippen molar-refractivity contribution in [3.63, 3.8) is 0 Å². The van der Waals surface area contributed by atoms with Crippen LogP contribution in [-0.4, -0.2) is 46.9 Å². The predicted octanol–water partition coefficient (Wildman–Crippen LogP) is 15.6. The predicted molar refractivity (Wildman–Crippen MR) is 268 cm³/mol. The lowest BCUT2D eigenvalue weighted by atomic mass is 10.0. The average Bonchev–Trinajstić information content (AvgIpc) is 3.26. The number of carbonyl (C=O) groups is 2. The number of hydrogen-bond donors (Lipinski definition) is 3. The van der Waals surface area contributed by atoms with Gasteiger partial charge in [0, 0.05) is 6.42 Å². The molecule has 0 aliphatic rings. The van der Waals surface area contributed by atoms with Crippen molar-refractivity contribution < 1.29 is 24.5 Å². The van der Waals surface area contributed by atoms with Gasteiger partial charge in [-0.2, -0.15) is 0 Å². The van der Waals surface area contributed by atoms with Crippen molar-refractivity contribution in [2.45, 2.75) is 251 Å². The van der Waals surface area contributed by atoms with Crippen LogP contribution in [0.15, 0.2) is 85.1 Å². The molecule has 62 heavy (non-hydrogen) atoms. The van der Waals surface area contributed by atoms with Crippen molar-refractivity contribution in [1.82, 2.24) is 5.32 Å². The fourth-order valence-electron chi connectivity index (χ4n) is 7.43. The van der Waals surface area contributed by atoms with Gasteiger partial charge in [0.05, 0.1) is 25.2 Å². The molecule has 0 fully saturated rings. The van der Waals surface area contributed by atoms with Crippen molar-refractivity contribution in [3.05, 3.63) is 85.1 Å². The molecule has 3 atom stereocenters. The highest BCUT2D eigenvalue weighted by Gasteiger charge is 2.24. The molecule has 0 aromatic rings. The van der Waals surface area contributed by atoms with E-state index < -0.39 is 18.2 Å². The SMILES string of the molecule is CC/C=C/C=C/C=C\C=C/C=C/CCCC(CC(=O)NC(CO)C(O)CCCCCCCCCCCCCCC)OC(=O)CCCCCCCCC/C=C\C/C=C\CCCCC. The molecule has 1 amide bonds. The van der Waals surface area contributed by atoms with Crippen LogP contribution in [-0.2, 0) is 14.3 Å². The summed E-state index contributed by atoms with van der Waals surface area (Å²) in [5.41, 5.74) is 0. The van der Waals surface area contributed by atoms with Gasteiger partial charge in [0.1, 0.15) is 6.10 Å². The van der Waals surface area contributed by atoms with E-state index in [1.807, 2.05) is 48.6 Å².